The number of fused-ring (bicyclic) bond motifs is 5. The highest BCUT2D eigenvalue weighted by Crippen LogP contribution is 2.44. The number of alkyl halides is 1. The first-order chi connectivity index (χ1) is 21.5. The van der Waals surface area contributed by atoms with E-state index >= 15 is 8.78 Å². The third-order valence-electron chi connectivity index (χ3n) is 10.0. The lowest BCUT2D eigenvalue weighted by Gasteiger charge is -2.36. The van der Waals surface area contributed by atoms with Gasteiger partial charge in [0.2, 0.25) is 0 Å². The molecule has 0 radical (unpaired) electrons. The summed E-state index contributed by atoms with van der Waals surface area (Å²) in [7, 11) is -3.26. The number of halogens is 4. The zero-order valence-corrected chi connectivity index (χ0v) is 25.0. The van der Waals surface area contributed by atoms with Gasteiger partial charge < -0.3 is 14.7 Å². The van der Waals surface area contributed by atoms with Crippen LogP contribution in [0, 0.1) is 17.5 Å². The van der Waals surface area contributed by atoms with Gasteiger partial charge in [0.15, 0.2) is 27.3 Å². The van der Waals surface area contributed by atoms with Gasteiger partial charge in [0.25, 0.3) is 0 Å². The van der Waals surface area contributed by atoms with Gasteiger partial charge >= 0.3 is 6.01 Å². The molecular weight excluding hydrogens is 612 g/mol. The molecule has 4 saturated heterocycles. The van der Waals surface area contributed by atoms with Gasteiger partial charge in [0, 0.05) is 41.4 Å². The minimum atomic E-state index is -3.26. The first-order valence-corrected chi connectivity index (χ1v) is 17.0. The lowest BCUT2D eigenvalue weighted by atomic mass is 9.95. The van der Waals surface area contributed by atoms with Crippen molar-refractivity contribution in [3.8, 4) is 22.9 Å². The smallest absolute Gasteiger partial charge is 0.319 e. The summed E-state index contributed by atoms with van der Waals surface area (Å²) in [5, 5.41) is 10.7. The number of phenols is 1. The molecule has 8 rings (SSSR count). The Morgan fingerprint density at radius 3 is 2.56 bits per heavy atom. The molecule has 0 amide bonds. The van der Waals surface area contributed by atoms with Crippen LogP contribution in [-0.4, -0.2) is 83.4 Å². The number of ether oxygens (including phenoxy) is 1. The molecule has 4 aliphatic rings. The number of aromatic nitrogens is 2. The van der Waals surface area contributed by atoms with Crippen LogP contribution >= 0.6 is 0 Å². The number of hydrogen-bond donors (Lipinski definition) is 1. The van der Waals surface area contributed by atoms with E-state index in [1.54, 1.807) is 6.07 Å². The fourth-order valence-electron chi connectivity index (χ4n) is 8.12. The Labute approximate surface area is 256 Å². The summed E-state index contributed by atoms with van der Waals surface area (Å²) in [6.45, 7) is 1.18. The molecule has 1 N–H and O–H groups in total. The van der Waals surface area contributed by atoms with E-state index in [2.05, 4.69) is 9.88 Å². The molecule has 2 bridgehead atoms. The number of nitrogens with zero attached hydrogens (tertiary/aromatic N) is 4. The van der Waals surface area contributed by atoms with Crippen LogP contribution in [0.15, 0.2) is 36.4 Å². The highest BCUT2D eigenvalue weighted by molar-refractivity contribution is 7.91. The fraction of sp³-hybridized carbons (Fsp3) is 0.438. The predicted octanol–water partition coefficient (Wildman–Crippen LogP) is 5.29. The molecule has 0 aliphatic carbocycles. The maximum atomic E-state index is 16.7. The van der Waals surface area contributed by atoms with E-state index in [9.17, 15) is 22.3 Å². The van der Waals surface area contributed by atoms with Gasteiger partial charge in [-0.25, -0.2) is 26.0 Å². The van der Waals surface area contributed by atoms with Crippen LogP contribution in [0.3, 0.4) is 0 Å². The molecule has 1 aromatic heterocycles. The second kappa shape index (κ2) is 10.1. The number of benzene rings is 3. The standard InChI is InChI=1S/C32H30F4N4O4S/c33-18-12-32(8-1-9-39(32)13-18)16-44-31-37-29-23(30(38-31)40-19-3-4-20(40)15-45(42,43)14-19)6-5-22(27(29)35)24-11-21(41)10-17-2-7-25(34)28(36)26(17)24/h2,5-7,10-11,18-20,41H,1,3-4,8-9,12-16H2/t18-,19?,20?,32+/m1/s1. The van der Waals surface area contributed by atoms with Crippen molar-refractivity contribution in [2.24, 2.45) is 0 Å². The second-order valence-corrected chi connectivity index (χ2v) is 15.0. The molecule has 4 atom stereocenters. The molecule has 5 heterocycles. The average Bonchev–Trinajstić information content (AvgIpc) is 3.61. The van der Waals surface area contributed by atoms with E-state index in [4.69, 9.17) is 9.72 Å². The molecular formula is C32H30F4N4O4S. The van der Waals surface area contributed by atoms with Crippen molar-refractivity contribution >= 4 is 37.3 Å². The predicted molar refractivity (Wildman–Crippen MR) is 161 cm³/mol. The Bertz CT molecular complexity index is 1980. The number of aromatic hydroxyl groups is 1. The van der Waals surface area contributed by atoms with Crippen molar-refractivity contribution in [1.29, 1.82) is 0 Å². The van der Waals surface area contributed by atoms with E-state index in [1.165, 1.54) is 24.3 Å². The van der Waals surface area contributed by atoms with Crippen LogP contribution in [-0.2, 0) is 9.84 Å². The fourth-order valence-corrected chi connectivity index (χ4v) is 10.1. The maximum Gasteiger partial charge on any atom is 0.319 e. The van der Waals surface area contributed by atoms with Crippen molar-refractivity contribution in [3.63, 3.8) is 0 Å². The van der Waals surface area contributed by atoms with Gasteiger partial charge in [-0.15, -0.1) is 0 Å². The van der Waals surface area contributed by atoms with Crippen molar-refractivity contribution in [1.82, 2.24) is 14.9 Å². The number of rotatable bonds is 5. The molecule has 13 heteroatoms. The molecule has 0 saturated carbocycles. The number of phenolic OH excluding ortho intramolecular Hbond substituents is 1. The van der Waals surface area contributed by atoms with Gasteiger partial charge in [-0.2, -0.15) is 9.97 Å². The van der Waals surface area contributed by atoms with Crippen molar-refractivity contribution < 1.29 is 35.8 Å². The Morgan fingerprint density at radius 1 is 1.00 bits per heavy atom. The van der Waals surface area contributed by atoms with Crippen LogP contribution in [0.25, 0.3) is 32.8 Å². The van der Waals surface area contributed by atoms with Gasteiger partial charge in [0.1, 0.15) is 29.9 Å². The molecule has 2 unspecified atom stereocenters. The molecule has 4 aliphatic heterocycles. The van der Waals surface area contributed by atoms with Crippen molar-refractivity contribution in [2.45, 2.75) is 55.9 Å². The molecule has 0 spiro atoms. The Balaban J connectivity index is 1.29. The molecule has 236 valence electrons. The highest BCUT2D eigenvalue weighted by atomic mass is 32.2. The average molecular weight is 643 g/mol. The zero-order valence-electron chi connectivity index (χ0n) is 24.1. The summed E-state index contributed by atoms with van der Waals surface area (Å²) in [6.07, 6.45) is 2.23. The zero-order chi connectivity index (χ0) is 31.2. The maximum absolute atomic E-state index is 16.7. The largest absolute Gasteiger partial charge is 0.508 e. The van der Waals surface area contributed by atoms with E-state index in [0.717, 1.165) is 25.5 Å². The minimum absolute atomic E-state index is 0.0537. The van der Waals surface area contributed by atoms with Gasteiger partial charge in [-0.05, 0) is 67.4 Å². The van der Waals surface area contributed by atoms with Crippen LogP contribution < -0.4 is 9.64 Å². The van der Waals surface area contributed by atoms with E-state index in [1.807, 2.05) is 4.90 Å². The third-order valence-corrected chi connectivity index (χ3v) is 11.8. The summed E-state index contributed by atoms with van der Waals surface area (Å²) in [6, 6.07) is 6.80. The highest BCUT2D eigenvalue weighted by Gasteiger charge is 2.50. The SMILES string of the molecule is O=S1(=O)CC2CCC(C1)N2c1nc(OC[C@@]23CCCN2C[C@H](F)C3)nc2c(F)c(-c3cc(O)cc4ccc(F)c(F)c34)ccc12. The molecule has 3 aromatic carbocycles. The van der Waals surface area contributed by atoms with Gasteiger partial charge in [-0.1, -0.05) is 12.1 Å². The monoisotopic (exact) mass is 642 g/mol. The number of anilines is 1. The first-order valence-electron chi connectivity index (χ1n) is 15.1. The lowest BCUT2D eigenvalue weighted by molar-refractivity contribution is 0.107. The summed E-state index contributed by atoms with van der Waals surface area (Å²) < 4.78 is 91.9. The van der Waals surface area contributed by atoms with Crippen LogP contribution in [0.1, 0.15) is 32.1 Å². The first kappa shape index (κ1) is 28.7. The summed E-state index contributed by atoms with van der Waals surface area (Å²) in [5.41, 5.74) is -0.847. The molecule has 45 heavy (non-hydrogen) atoms. The van der Waals surface area contributed by atoms with E-state index in [0.29, 0.717) is 37.0 Å². The van der Waals surface area contributed by atoms with Crippen molar-refractivity contribution in [3.05, 3.63) is 53.8 Å². The van der Waals surface area contributed by atoms with Crippen LogP contribution in [0.5, 0.6) is 11.8 Å². The van der Waals surface area contributed by atoms with Gasteiger partial charge in [0.05, 0.1) is 17.0 Å². The van der Waals surface area contributed by atoms with E-state index < -0.39 is 39.0 Å². The molecule has 4 fully saturated rings. The molecule has 8 nitrogen and oxygen atoms in total. The summed E-state index contributed by atoms with van der Waals surface area (Å²) in [4.78, 5) is 13.2. The summed E-state index contributed by atoms with van der Waals surface area (Å²) in [5.74, 6) is -3.19. The number of sulfone groups is 1. The second-order valence-electron chi connectivity index (χ2n) is 12.8. The van der Waals surface area contributed by atoms with Crippen LogP contribution in [0.2, 0.25) is 0 Å². The number of hydrogen-bond acceptors (Lipinski definition) is 8. The van der Waals surface area contributed by atoms with Crippen molar-refractivity contribution in [2.75, 3.05) is 36.1 Å². The third kappa shape index (κ3) is 4.60. The normalized spacial score (nSPS) is 27.5. The quantitative estimate of drug-likeness (QED) is 0.294. The Morgan fingerprint density at radius 2 is 1.78 bits per heavy atom. The summed E-state index contributed by atoms with van der Waals surface area (Å²) >= 11 is 0. The molecule has 4 aromatic rings. The topological polar surface area (TPSA) is 95.9 Å². The lowest BCUT2D eigenvalue weighted by Crippen LogP contribution is -2.49. The Kier molecular flexibility index (Phi) is 6.48. The minimum Gasteiger partial charge on any atom is -0.508 e. The van der Waals surface area contributed by atoms with Gasteiger partial charge in [-0.3, -0.25) is 4.90 Å². The van der Waals surface area contributed by atoms with Crippen LogP contribution in [0.4, 0.5) is 23.4 Å². The van der Waals surface area contributed by atoms with E-state index in [-0.39, 0.29) is 69.4 Å². The Hall–Kier alpha value is -3.71.